The first-order chi connectivity index (χ1) is 31.4. The van der Waals surface area contributed by atoms with Crippen LogP contribution in [-0.4, -0.2) is 98.3 Å². The average Bonchev–Trinajstić information content (AvgIpc) is 3.29. The largest absolute Gasteiger partial charge is 0.472 e. The molecule has 1 saturated carbocycles. The van der Waals surface area contributed by atoms with E-state index in [1.165, 1.54) is 25.7 Å². The van der Waals surface area contributed by atoms with Crippen LogP contribution in [0, 0.1) is 0 Å². The number of aliphatic hydroxyl groups is 5. The molecule has 13 nitrogen and oxygen atoms in total. The summed E-state index contributed by atoms with van der Waals surface area (Å²) in [5, 5.41) is 50.2. The summed E-state index contributed by atoms with van der Waals surface area (Å²) in [5.41, 5.74) is 0. The van der Waals surface area contributed by atoms with Gasteiger partial charge >= 0.3 is 19.8 Å². The third-order valence-corrected chi connectivity index (χ3v) is 11.7. The summed E-state index contributed by atoms with van der Waals surface area (Å²) >= 11 is 0. The third-order valence-electron chi connectivity index (χ3n) is 10.7. The number of carbonyl (C=O) groups is 2. The molecule has 14 heteroatoms. The van der Waals surface area contributed by atoms with Crippen molar-refractivity contribution in [3.8, 4) is 0 Å². The maximum Gasteiger partial charge on any atom is 0.472 e. The average molecular weight is 937 g/mol. The molecule has 0 heterocycles. The van der Waals surface area contributed by atoms with Crippen molar-refractivity contribution in [3.63, 3.8) is 0 Å². The van der Waals surface area contributed by atoms with Crippen LogP contribution in [0.2, 0.25) is 0 Å². The highest BCUT2D eigenvalue weighted by Crippen LogP contribution is 2.47. The highest BCUT2D eigenvalue weighted by molar-refractivity contribution is 7.47. The van der Waals surface area contributed by atoms with E-state index in [9.17, 15) is 44.6 Å². The Morgan fingerprint density at radius 1 is 0.492 bits per heavy atom. The van der Waals surface area contributed by atoms with Crippen LogP contribution in [0.4, 0.5) is 0 Å². The Balaban J connectivity index is 2.46. The van der Waals surface area contributed by atoms with E-state index in [1.54, 1.807) is 0 Å². The van der Waals surface area contributed by atoms with Crippen LogP contribution in [0.1, 0.15) is 168 Å². The molecule has 372 valence electrons. The Morgan fingerprint density at radius 3 is 1.34 bits per heavy atom. The molecule has 0 bridgehead atoms. The molecule has 1 aliphatic rings. The molecule has 0 aromatic heterocycles. The van der Waals surface area contributed by atoms with Gasteiger partial charge in [0.15, 0.2) is 6.10 Å². The molecular formula is C51H85O13P. The Labute approximate surface area is 390 Å². The van der Waals surface area contributed by atoms with Crippen LogP contribution in [0.5, 0.6) is 0 Å². The van der Waals surface area contributed by atoms with Crippen molar-refractivity contribution in [2.45, 2.75) is 211 Å². The monoisotopic (exact) mass is 937 g/mol. The molecule has 0 saturated heterocycles. The molecule has 6 N–H and O–H groups in total. The van der Waals surface area contributed by atoms with Gasteiger partial charge in [0.25, 0.3) is 0 Å². The van der Waals surface area contributed by atoms with E-state index in [4.69, 9.17) is 18.5 Å². The van der Waals surface area contributed by atoms with Crippen LogP contribution in [0.25, 0.3) is 0 Å². The maximum absolute atomic E-state index is 12.8. The zero-order valence-corrected chi connectivity index (χ0v) is 40.4. The van der Waals surface area contributed by atoms with Gasteiger partial charge in [0, 0.05) is 12.8 Å². The number of unbranched alkanes of at least 4 members (excludes halogenated alkanes) is 13. The number of hydrogen-bond acceptors (Lipinski definition) is 12. The van der Waals surface area contributed by atoms with E-state index in [0.717, 1.165) is 103 Å². The summed E-state index contributed by atoms with van der Waals surface area (Å²) in [6.45, 7) is 3.12. The molecular weight excluding hydrogens is 852 g/mol. The van der Waals surface area contributed by atoms with Gasteiger partial charge in [-0.15, -0.1) is 0 Å². The summed E-state index contributed by atoms with van der Waals surface area (Å²) < 4.78 is 33.6. The fraction of sp³-hybridized carbons (Fsp3) is 0.686. The molecule has 0 radical (unpaired) electrons. The molecule has 0 aromatic carbocycles. The van der Waals surface area contributed by atoms with Crippen LogP contribution < -0.4 is 0 Å². The second kappa shape index (κ2) is 40.1. The summed E-state index contributed by atoms with van der Waals surface area (Å²) in [5.74, 6) is -1.15. The number of rotatable bonds is 39. The molecule has 6 unspecified atom stereocenters. The topological polar surface area (TPSA) is 210 Å². The van der Waals surface area contributed by atoms with E-state index >= 15 is 0 Å². The van der Waals surface area contributed by atoms with Crippen molar-refractivity contribution in [2.24, 2.45) is 0 Å². The van der Waals surface area contributed by atoms with Gasteiger partial charge < -0.3 is 39.9 Å². The van der Waals surface area contributed by atoms with E-state index in [-0.39, 0.29) is 12.8 Å². The summed E-state index contributed by atoms with van der Waals surface area (Å²) in [6, 6.07) is 0. The molecule has 0 aromatic rings. The first-order valence-corrected chi connectivity index (χ1v) is 25.9. The number of carbonyl (C=O) groups excluding carboxylic acids is 2. The van der Waals surface area contributed by atoms with Crippen molar-refractivity contribution in [1.29, 1.82) is 0 Å². The number of hydrogen-bond donors (Lipinski definition) is 6. The summed E-state index contributed by atoms with van der Waals surface area (Å²) in [7, 11) is -5.14. The van der Waals surface area contributed by atoms with Gasteiger partial charge in [0.05, 0.1) is 6.61 Å². The van der Waals surface area contributed by atoms with E-state index in [2.05, 4.69) is 98.9 Å². The fourth-order valence-corrected chi connectivity index (χ4v) is 7.79. The number of ether oxygens (including phenoxy) is 2. The van der Waals surface area contributed by atoms with Gasteiger partial charge in [-0.3, -0.25) is 18.6 Å². The van der Waals surface area contributed by atoms with Crippen molar-refractivity contribution in [2.75, 3.05) is 13.2 Å². The Morgan fingerprint density at radius 2 is 0.877 bits per heavy atom. The van der Waals surface area contributed by atoms with Crippen LogP contribution >= 0.6 is 7.82 Å². The van der Waals surface area contributed by atoms with Gasteiger partial charge in [-0.2, -0.15) is 0 Å². The highest BCUT2D eigenvalue weighted by atomic mass is 31.2. The van der Waals surface area contributed by atoms with Gasteiger partial charge in [0.1, 0.15) is 43.2 Å². The first-order valence-electron chi connectivity index (χ1n) is 24.4. The number of esters is 2. The number of phosphoric ester groups is 1. The van der Waals surface area contributed by atoms with E-state index < -0.39 is 75.7 Å². The van der Waals surface area contributed by atoms with E-state index in [0.29, 0.717) is 12.8 Å². The van der Waals surface area contributed by atoms with Gasteiger partial charge in [-0.25, -0.2) is 4.57 Å². The third kappa shape index (κ3) is 32.4. The molecule has 0 spiro atoms. The van der Waals surface area contributed by atoms with Crippen molar-refractivity contribution >= 4 is 19.8 Å². The van der Waals surface area contributed by atoms with Crippen LogP contribution in [0.3, 0.4) is 0 Å². The van der Waals surface area contributed by atoms with Crippen LogP contribution in [-0.2, 0) is 32.7 Å². The lowest BCUT2D eigenvalue weighted by molar-refractivity contribution is -0.220. The zero-order chi connectivity index (χ0) is 47.8. The summed E-state index contributed by atoms with van der Waals surface area (Å²) in [6.07, 6.45) is 39.1. The van der Waals surface area contributed by atoms with Crippen LogP contribution in [0.15, 0.2) is 85.1 Å². The lowest BCUT2D eigenvalue weighted by Gasteiger charge is -2.41. The van der Waals surface area contributed by atoms with Gasteiger partial charge in [0.2, 0.25) is 0 Å². The van der Waals surface area contributed by atoms with Gasteiger partial charge in [-0.1, -0.05) is 150 Å². The SMILES string of the molecule is CC/C=C\C/C=C\C/C=C\C/C=C\CCCCCCC(=O)OC(COC(=O)CCCCCCCC/C=C\C/C=C\C/C=C\CCCCC)COP(=O)(O)OC1C(O)C(O)C(O)C(O)C1O. The highest BCUT2D eigenvalue weighted by Gasteiger charge is 2.51. The number of allylic oxidation sites excluding steroid dienone is 14. The fourth-order valence-electron chi connectivity index (χ4n) is 6.81. The normalized spacial score (nSPS) is 22.2. The second-order valence-electron chi connectivity index (χ2n) is 16.6. The quantitative estimate of drug-likeness (QED) is 0.0147. The molecule has 1 fully saturated rings. The predicted octanol–water partition coefficient (Wildman–Crippen LogP) is 10.1. The van der Waals surface area contributed by atoms with Crippen molar-refractivity contribution < 1.29 is 63.1 Å². The number of phosphoric acid groups is 1. The lowest BCUT2D eigenvalue weighted by Crippen LogP contribution is -2.64. The van der Waals surface area contributed by atoms with Gasteiger partial charge in [-0.05, 0) is 89.9 Å². The molecule has 6 atom stereocenters. The van der Waals surface area contributed by atoms with Crippen molar-refractivity contribution in [3.05, 3.63) is 85.1 Å². The van der Waals surface area contributed by atoms with E-state index in [1.807, 2.05) is 0 Å². The maximum atomic E-state index is 12.8. The molecule has 1 rings (SSSR count). The van der Waals surface area contributed by atoms with Crippen molar-refractivity contribution in [1.82, 2.24) is 0 Å². The lowest BCUT2D eigenvalue weighted by atomic mass is 9.85. The smallest absolute Gasteiger partial charge is 0.462 e. The molecule has 1 aliphatic carbocycles. The zero-order valence-electron chi connectivity index (χ0n) is 39.5. The number of aliphatic hydroxyl groups excluding tert-OH is 5. The Bertz CT molecular complexity index is 1460. The Kier molecular flexibility index (Phi) is 37.1. The standard InChI is InChI=1S/C51H85O13P/c1-3-5-7-9-11-13-15-17-19-21-22-24-25-27-29-31-33-35-37-39-44(52)61-41-43(42-62-65(59,60)64-51-49(57)47(55)46(54)48(56)50(51)58)63-45(53)40-38-36-34-32-30-28-26-23-20-18-16-14-12-10-8-6-4-2/h6,8,11-14,17-20,22,24,26,28,43,46-51,54-58H,3-5,7,9-10,15-16,21,23,25,27,29-42H2,1-2H3,(H,59,60)/b8-6-,13-11-,14-12-,19-17-,20-18-,24-22-,28-26-. The minimum Gasteiger partial charge on any atom is -0.462 e. The Hall–Kier alpha value is -2.97. The predicted molar refractivity (Wildman–Crippen MR) is 258 cm³/mol. The molecule has 0 amide bonds. The first kappa shape index (κ1) is 60.0. The molecule has 0 aliphatic heterocycles. The summed E-state index contributed by atoms with van der Waals surface area (Å²) in [4.78, 5) is 35.8. The minimum atomic E-state index is -5.14. The molecule has 65 heavy (non-hydrogen) atoms. The minimum absolute atomic E-state index is 0.0608. The second-order valence-corrected chi connectivity index (χ2v) is 18.0.